The molecule has 2 aromatic heterocycles. The zero-order valence-electron chi connectivity index (χ0n) is 16.7. The monoisotopic (exact) mass is 425 g/mol. The van der Waals surface area contributed by atoms with Gasteiger partial charge in [0.15, 0.2) is 5.75 Å². The zero-order chi connectivity index (χ0) is 22.1. The molecule has 11 heteroatoms. The number of hydrogen-bond acceptors (Lipinski definition) is 7. The van der Waals surface area contributed by atoms with Gasteiger partial charge in [-0.05, 0) is 23.2 Å². The molecule has 0 saturated carbocycles. The molecule has 0 bridgehead atoms. The van der Waals surface area contributed by atoms with E-state index in [2.05, 4.69) is 20.0 Å². The molecule has 2 heterocycles. The molecule has 0 amide bonds. The Morgan fingerprint density at radius 3 is 2.71 bits per heavy atom. The smallest absolute Gasteiger partial charge is 0.387 e. The van der Waals surface area contributed by atoms with Crippen LogP contribution < -0.4 is 20.7 Å². The first-order valence-electron chi connectivity index (χ1n) is 9.28. The van der Waals surface area contributed by atoms with E-state index >= 15 is 0 Å². The highest BCUT2D eigenvalue weighted by atomic mass is 19.3. The average molecular weight is 425 g/mol. The molecule has 0 aliphatic rings. The molecule has 4 aromatic rings. The summed E-state index contributed by atoms with van der Waals surface area (Å²) < 4.78 is 36.4. The van der Waals surface area contributed by atoms with Crippen molar-refractivity contribution in [2.24, 2.45) is 0 Å². The summed E-state index contributed by atoms with van der Waals surface area (Å²) in [6, 6.07) is 8.90. The molecule has 0 fully saturated rings. The molecule has 0 aliphatic carbocycles. The molecule has 0 radical (unpaired) electrons. The minimum absolute atomic E-state index is 0.0864. The number of rotatable bonds is 6. The van der Waals surface area contributed by atoms with Crippen molar-refractivity contribution in [3.63, 3.8) is 0 Å². The topological polar surface area (TPSA) is 108 Å². The fourth-order valence-corrected chi connectivity index (χ4v) is 3.36. The van der Waals surface area contributed by atoms with Gasteiger partial charge in [-0.2, -0.15) is 24.1 Å². The number of methoxy groups -OCH3 is 1. The molecule has 0 spiro atoms. The summed E-state index contributed by atoms with van der Waals surface area (Å²) in [5.74, 6) is 0.335. The standard InChI is InChI=1S/C20H18BF2N5O3/c1-21(29)15-6-14(11-3-4-13-16(24)9-25-27-17(13)5-11)18(7-19(15)30-2)28-10-12(8-26-28)31-20(22)23/h3-10,20,29H,1-2H3,(H2,24,27). The summed E-state index contributed by atoms with van der Waals surface area (Å²) in [5.41, 5.74) is 9.53. The second-order valence-electron chi connectivity index (χ2n) is 6.82. The Balaban J connectivity index is 1.93. The average Bonchev–Trinajstić information content (AvgIpc) is 3.20. The molecule has 4 rings (SSSR count). The summed E-state index contributed by atoms with van der Waals surface area (Å²) >= 11 is 0. The van der Waals surface area contributed by atoms with Gasteiger partial charge >= 0.3 is 13.5 Å². The Bertz CT molecular complexity index is 1250. The molecule has 0 unspecified atom stereocenters. The highest BCUT2D eigenvalue weighted by Crippen LogP contribution is 2.32. The Hall–Kier alpha value is -3.73. The fraction of sp³-hybridized carbons (Fsp3) is 0.150. The Kier molecular flexibility index (Phi) is 5.43. The highest BCUT2D eigenvalue weighted by Gasteiger charge is 2.20. The van der Waals surface area contributed by atoms with E-state index < -0.39 is 13.5 Å². The van der Waals surface area contributed by atoms with Crippen molar-refractivity contribution in [2.45, 2.75) is 13.4 Å². The van der Waals surface area contributed by atoms with E-state index in [4.69, 9.17) is 10.5 Å². The van der Waals surface area contributed by atoms with Gasteiger partial charge in [-0.15, -0.1) is 0 Å². The predicted molar refractivity (Wildman–Crippen MR) is 113 cm³/mol. The van der Waals surface area contributed by atoms with Gasteiger partial charge < -0.3 is 20.2 Å². The maximum atomic E-state index is 12.6. The maximum Gasteiger partial charge on any atom is 0.387 e. The Labute approximate surface area is 176 Å². The molecule has 8 nitrogen and oxygen atoms in total. The molecular formula is C20H18BF2N5O3. The number of halogens is 2. The van der Waals surface area contributed by atoms with Crippen LogP contribution in [0.4, 0.5) is 14.5 Å². The van der Waals surface area contributed by atoms with Crippen LogP contribution in [0.25, 0.3) is 27.7 Å². The van der Waals surface area contributed by atoms with Gasteiger partial charge in [0.05, 0.1) is 42.6 Å². The summed E-state index contributed by atoms with van der Waals surface area (Å²) in [6.07, 6.45) is 4.00. The van der Waals surface area contributed by atoms with Crippen LogP contribution in [-0.2, 0) is 0 Å². The van der Waals surface area contributed by atoms with E-state index in [1.807, 2.05) is 12.1 Å². The second-order valence-corrected chi connectivity index (χ2v) is 6.82. The molecule has 0 atom stereocenters. The maximum absolute atomic E-state index is 12.6. The van der Waals surface area contributed by atoms with Gasteiger partial charge in [-0.25, -0.2) is 4.68 Å². The lowest BCUT2D eigenvalue weighted by Gasteiger charge is -2.17. The summed E-state index contributed by atoms with van der Waals surface area (Å²) in [6.45, 7) is -2.15. The van der Waals surface area contributed by atoms with Crippen LogP contribution >= 0.6 is 0 Å². The van der Waals surface area contributed by atoms with Gasteiger partial charge in [0, 0.05) is 17.0 Å². The first kappa shape index (κ1) is 20.5. The lowest BCUT2D eigenvalue weighted by molar-refractivity contribution is -0.0498. The van der Waals surface area contributed by atoms with Crippen LogP contribution in [0.1, 0.15) is 0 Å². The third-order valence-electron chi connectivity index (χ3n) is 4.81. The minimum Gasteiger partial charge on any atom is -0.497 e. The quantitative estimate of drug-likeness (QED) is 0.457. The van der Waals surface area contributed by atoms with E-state index in [1.165, 1.54) is 30.4 Å². The molecule has 0 saturated heterocycles. The number of alkyl halides is 2. The lowest BCUT2D eigenvalue weighted by atomic mass is 9.63. The number of fused-ring (bicyclic) bond motifs is 1. The molecule has 31 heavy (non-hydrogen) atoms. The van der Waals surface area contributed by atoms with E-state index in [-0.39, 0.29) is 5.75 Å². The van der Waals surface area contributed by atoms with Gasteiger partial charge in [0.1, 0.15) is 5.75 Å². The molecule has 3 N–H and O–H groups in total. The van der Waals surface area contributed by atoms with Crippen molar-refractivity contribution >= 4 is 29.0 Å². The largest absolute Gasteiger partial charge is 0.497 e. The Morgan fingerprint density at radius 2 is 2.00 bits per heavy atom. The number of ether oxygens (including phenoxy) is 2. The van der Waals surface area contributed by atoms with E-state index in [0.29, 0.717) is 33.7 Å². The number of aromatic nitrogens is 4. The van der Waals surface area contributed by atoms with E-state index in [9.17, 15) is 13.8 Å². The van der Waals surface area contributed by atoms with Crippen LogP contribution in [0.15, 0.2) is 48.9 Å². The van der Waals surface area contributed by atoms with Crippen molar-refractivity contribution in [3.05, 3.63) is 48.9 Å². The number of nitrogens with zero attached hydrogens (tertiary/aromatic N) is 4. The Morgan fingerprint density at radius 1 is 1.19 bits per heavy atom. The fourth-order valence-electron chi connectivity index (χ4n) is 3.36. The van der Waals surface area contributed by atoms with Gasteiger partial charge in [-0.1, -0.05) is 19.0 Å². The lowest BCUT2D eigenvalue weighted by Crippen LogP contribution is -2.28. The summed E-state index contributed by atoms with van der Waals surface area (Å²) in [5, 5.41) is 23.1. The summed E-state index contributed by atoms with van der Waals surface area (Å²) in [7, 11) is 1.48. The first-order chi connectivity index (χ1) is 14.9. The number of anilines is 1. The first-order valence-corrected chi connectivity index (χ1v) is 9.28. The minimum atomic E-state index is -2.96. The molecular weight excluding hydrogens is 407 g/mol. The summed E-state index contributed by atoms with van der Waals surface area (Å²) in [4.78, 5) is 0. The third kappa shape index (κ3) is 3.99. The second kappa shape index (κ2) is 8.19. The van der Waals surface area contributed by atoms with Crippen LogP contribution in [0.3, 0.4) is 0 Å². The predicted octanol–water partition coefficient (Wildman–Crippen LogP) is 2.50. The van der Waals surface area contributed by atoms with Crippen molar-refractivity contribution in [1.29, 1.82) is 0 Å². The van der Waals surface area contributed by atoms with Crippen molar-refractivity contribution in [3.8, 4) is 28.3 Å². The van der Waals surface area contributed by atoms with Gasteiger partial charge in [0.25, 0.3) is 0 Å². The molecule has 0 aliphatic heterocycles. The normalized spacial score (nSPS) is 11.2. The third-order valence-corrected chi connectivity index (χ3v) is 4.81. The SMILES string of the molecule is COc1cc(-n2cc(OC(F)F)cn2)c(-c2ccc3c(N)cnnc3c2)cc1B(C)O. The number of benzene rings is 2. The van der Waals surface area contributed by atoms with Crippen molar-refractivity contribution in [2.75, 3.05) is 12.8 Å². The number of hydrogen-bond donors (Lipinski definition) is 2. The number of nitrogen functional groups attached to an aromatic ring is 1. The van der Waals surface area contributed by atoms with E-state index in [1.54, 1.807) is 25.0 Å². The van der Waals surface area contributed by atoms with Gasteiger partial charge in [-0.3, -0.25) is 0 Å². The van der Waals surface area contributed by atoms with Crippen molar-refractivity contribution in [1.82, 2.24) is 20.0 Å². The van der Waals surface area contributed by atoms with Crippen LogP contribution in [-0.4, -0.2) is 45.6 Å². The van der Waals surface area contributed by atoms with Crippen LogP contribution in [0.5, 0.6) is 11.5 Å². The zero-order valence-corrected chi connectivity index (χ0v) is 16.7. The van der Waals surface area contributed by atoms with Crippen molar-refractivity contribution < 1.29 is 23.3 Å². The van der Waals surface area contributed by atoms with Crippen LogP contribution in [0, 0.1) is 0 Å². The van der Waals surface area contributed by atoms with Crippen LogP contribution in [0.2, 0.25) is 6.82 Å². The molecule has 158 valence electrons. The number of nitrogens with two attached hydrogens (primary N) is 1. The highest BCUT2D eigenvalue weighted by molar-refractivity contribution is 6.66. The van der Waals surface area contributed by atoms with E-state index in [0.717, 1.165) is 10.9 Å². The van der Waals surface area contributed by atoms with Gasteiger partial charge in [0.2, 0.25) is 0 Å². The molecule has 2 aromatic carbocycles.